The molecule has 0 spiro atoms. The Morgan fingerprint density at radius 2 is 1.92 bits per heavy atom. The van der Waals surface area contributed by atoms with Crippen LogP contribution in [0.1, 0.15) is 42.0 Å². The van der Waals surface area contributed by atoms with E-state index in [1.54, 1.807) is 10.6 Å². The van der Waals surface area contributed by atoms with E-state index in [4.69, 9.17) is 0 Å². The van der Waals surface area contributed by atoms with Crippen molar-refractivity contribution in [3.63, 3.8) is 0 Å². The van der Waals surface area contributed by atoms with Crippen molar-refractivity contribution in [1.82, 2.24) is 20.1 Å². The summed E-state index contributed by atoms with van der Waals surface area (Å²) in [6.07, 6.45) is 1.89. The molecule has 5 rings (SSSR count). The van der Waals surface area contributed by atoms with Gasteiger partial charge in [-0.25, -0.2) is 4.39 Å². The van der Waals surface area contributed by atoms with Gasteiger partial charge in [-0.1, -0.05) is 41.7 Å². The maximum atomic E-state index is 14.1. The first-order valence-corrected chi connectivity index (χ1v) is 13.2. The van der Waals surface area contributed by atoms with Crippen LogP contribution in [0.25, 0.3) is 10.9 Å². The minimum absolute atomic E-state index is 0.105. The number of rotatable bonds is 9. The Hall–Kier alpha value is -4.12. The zero-order chi connectivity index (χ0) is 26.6. The Morgan fingerprint density at radius 1 is 1.13 bits per heavy atom. The number of amides is 2. The topological polar surface area (TPSA) is 126 Å². The minimum atomic E-state index is -0.966. The first-order chi connectivity index (χ1) is 18.4. The number of aliphatic carboxylic acids is 1. The maximum Gasteiger partial charge on any atom is 0.323 e. The predicted octanol–water partition coefficient (Wildman–Crippen LogP) is 3.89. The normalized spacial score (nSPS) is 15.6. The number of nitrogens with one attached hydrogen (secondary N) is 2. The van der Waals surface area contributed by atoms with Crippen LogP contribution >= 0.6 is 11.3 Å². The molecule has 0 saturated heterocycles. The van der Waals surface area contributed by atoms with Gasteiger partial charge < -0.3 is 20.3 Å². The van der Waals surface area contributed by atoms with Gasteiger partial charge >= 0.3 is 5.97 Å². The second-order valence-electron chi connectivity index (χ2n) is 9.38. The molecule has 2 atom stereocenters. The maximum absolute atomic E-state index is 14.1. The Balaban J connectivity index is 1.30. The third-order valence-corrected chi connectivity index (χ3v) is 7.43. The predicted molar refractivity (Wildman–Crippen MR) is 140 cm³/mol. The number of carbonyl (C=O) groups is 3. The molecule has 2 amide bonds. The molecule has 3 N–H and O–H groups in total. The smallest absolute Gasteiger partial charge is 0.323 e. The summed E-state index contributed by atoms with van der Waals surface area (Å²) in [5.74, 6) is -2.13. The highest BCUT2D eigenvalue weighted by atomic mass is 32.1. The van der Waals surface area contributed by atoms with Crippen molar-refractivity contribution in [1.29, 1.82) is 0 Å². The van der Waals surface area contributed by atoms with Gasteiger partial charge in [0.05, 0.1) is 0 Å². The number of fused-ring (bicyclic) bond motifs is 3. The lowest BCUT2D eigenvalue weighted by Gasteiger charge is -2.26. The van der Waals surface area contributed by atoms with E-state index in [1.807, 2.05) is 30.3 Å². The van der Waals surface area contributed by atoms with Crippen molar-refractivity contribution in [2.75, 3.05) is 5.32 Å². The molecule has 196 valence electrons. The second-order valence-corrected chi connectivity index (χ2v) is 10.2. The quantitative estimate of drug-likeness (QED) is 0.299. The van der Waals surface area contributed by atoms with Crippen LogP contribution in [0.5, 0.6) is 0 Å². The summed E-state index contributed by atoms with van der Waals surface area (Å²) < 4.78 is 15.8. The largest absolute Gasteiger partial charge is 0.480 e. The lowest BCUT2D eigenvalue weighted by atomic mass is 9.89. The van der Waals surface area contributed by atoms with E-state index >= 15 is 0 Å². The molecule has 0 bridgehead atoms. The number of hydrogen-bond acceptors (Lipinski definition) is 6. The number of anilines is 1. The summed E-state index contributed by atoms with van der Waals surface area (Å²) >= 11 is 1.22. The fourth-order valence-corrected chi connectivity index (χ4v) is 5.69. The number of carbonyl (C=O) groups excluding carboxylic acids is 2. The zero-order valence-electron chi connectivity index (χ0n) is 20.4. The minimum Gasteiger partial charge on any atom is -0.480 e. The Bertz CT molecular complexity index is 1470. The first-order valence-electron chi connectivity index (χ1n) is 12.3. The van der Waals surface area contributed by atoms with Gasteiger partial charge in [-0.05, 0) is 48.6 Å². The van der Waals surface area contributed by atoms with Crippen LogP contribution in [-0.4, -0.2) is 43.7 Å². The second kappa shape index (κ2) is 11.1. The third-order valence-electron chi connectivity index (χ3n) is 6.83. The molecule has 11 heteroatoms. The summed E-state index contributed by atoms with van der Waals surface area (Å²) in [6.45, 7) is -0.202. The van der Waals surface area contributed by atoms with Crippen LogP contribution < -0.4 is 10.6 Å². The van der Waals surface area contributed by atoms with Crippen LogP contribution in [0.3, 0.4) is 0 Å². The third kappa shape index (κ3) is 5.72. The molecule has 2 aromatic carbocycles. The van der Waals surface area contributed by atoms with E-state index in [0.29, 0.717) is 35.3 Å². The molecule has 0 saturated carbocycles. The number of carboxylic acids is 1. The summed E-state index contributed by atoms with van der Waals surface area (Å²) in [5.41, 5.74) is 4.83. The highest BCUT2D eigenvalue weighted by molar-refractivity contribution is 7.13. The molecule has 38 heavy (non-hydrogen) atoms. The Morgan fingerprint density at radius 3 is 2.66 bits per heavy atom. The van der Waals surface area contributed by atoms with Gasteiger partial charge in [-0.2, -0.15) is 0 Å². The van der Waals surface area contributed by atoms with Crippen LogP contribution in [0.4, 0.5) is 9.52 Å². The van der Waals surface area contributed by atoms with E-state index in [9.17, 15) is 23.9 Å². The summed E-state index contributed by atoms with van der Waals surface area (Å²) in [5, 5.41) is 23.9. The lowest BCUT2D eigenvalue weighted by Crippen LogP contribution is -2.39. The molecule has 2 heterocycles. The van der Waals surface area contributed by atoms with Crippen LogP contribution in [0, 0.1) is 5.82 Å². The van der Waals surface area contributed by atoms with E-state index < -0.39 is 11.8 Å². The molecular weight excluding hydrogens is 509 g/mol. The monoisotopic (exact) mass is 535 g/mol. The number of hydrogen-bond donors (Lipinski definition) is 3. The summed E-state index contributed by atoms with van der Waals surface area (Å²) in [4.78, 5) is 37.3. The van der Waals surface area contributed by atoms with Crippen molar-refractivity contribution >= 4 is 45.2 Å². The standard InChI is InChI=1S/C27H26FN5O4S/c28-18-6-8-22-20(12-18)21-13-19(7-9-23(21)33(22)14-26(36)37)30-24(34)10-17(16-4-2-1-3-5-16)11-25(35)31-27-32-29-15-38-27/h1-6,8,12,15,17,19H,7,9-11,13-14H2,(H,30,34)(H,36,37)(H,31,32,35)/t17-,19-/m0/s1. The molecule has 0 unspecified atom stereocenters. The van der Waals surface area contributed by atoms with Gasteiger partial charge in [0.2, 0.25) is 16.9 Å². The molecule has 9 nitrogen and oxygen atoms in total. The van der Waals surface area contributed by atoms with Gasteiger partial charge in [0.1, 0.15) is 17.9 Å². The fraction of sp³-hybridized carbons (Fsp3) is 0.296. The number of nitrogens with zero attached hydrogens (tertiary/aromatic N) is 3. The van der Waals surface area contributed by atoms with Crippen LogP contribution in [0.2, 0.25) is 0 Å². The van der Waals surface area contributed by atoms with Crippen LogP contribution in [0.15, 0.2) is 54.0 Å². The van der Waals surface area contributed by atoms with E-state index in [1.165, 1.54) is 29.0 Å². The number of carboxylic acid groups (broad SMARTS) is 1. The fourth-order valence-electron chi connectivity index (χ4n) is 5.23. The average molecular weight is 536 g/mol. The van der Waals surface area contributed by atoms with Crippen molar-refractivity contribution in [2.24, 2.45) is 0 Å². The van der Waals surface area contributed by atoms with Gasteiger partial charge in [-0.3, -0.25) is 14.4 Å². The van der Waals surface area contributed by atoms with Crippen molar-refractivity contribution in [3.05, 3.63) is 76.7 Å². The van der Waals surface area contributed by atoms with Gasteiger partial charge in [0, 0.05) is 41.4 Å². The highest BCUT2D eigenvalue weighted by Gasteiger charge is 2.28. The average Bonchev–Trinajstić information content (AvgIpc) is 3.50. The number of halogens is 1. The molecule has 0 radical (unpaired) electrons. The molecule has 4 aromatic rings. The lowest BCUT2D eigenvalue weighted by molar-refractivity contribution is -0.137. The molecular formula is C27H26FN5O4S. The summed E-state index contributed by atoms with van der Waals surface area (Å²) in [6, 6.07) is 13.6. The molecule has 0 fully saturated rings. The van der Waals surface area contributed by atoms with Gasteiger partial charge in [-0.15, -0.1) is 10.2 Å². The number of benzene rings is 2. The molecule has 1 aliphatic rings. The van der Waals surface area contributed by atoms with E-state index in [-0.39, 0.29) is 43.2 Å². The number of aromatic nitrogens is 3. The SMILES string of the molecule is O=C(O)Cn1c2c(c3cc(F)ccc31)C[C@@H](NC(=O)C[C@@H](CC(=O)Nc1nncs1)c1ccccc1)CC2. The molecule has 1 aliphatic carbocycles. The van der Waals surface area contributed by atoms with Crippen LogP contribution in [-0.2, 0) is 33.8 Å². The van der Waals surface area contributed by atoms with E-state index in [2.05, 4.69) is 20.8 Å². The highest BCUT2D eigenvalue weighted by Crippen LogP contribution is 2.33. The van der Waals surface area contributed by atoms with E-state index in [0.717, 1.165) is 16.8 Å². The first kappa shape index (κ1) is 25.5. The van der Waals surface area contributed by atoms with Crippen molar-refractivity contribution in [3.8, 4) is 0 Å². The van der Waals surface area contributed by atoms with Crippen molar-refractivity contribution in [2.45, 2.75) is 50.6 Å². The van der Waals surface area contributed by atoms with Gasteiger partial charge in [0.25, 0.3) is 0 Å². The zero-order valence-corrected chi connectivity index (χ0v) is 21.2. The van der Waals surface area contributed by atoms with Crippen molar-refractivity contribution < 1.29 is 23.9 Å². The molecule has 2 aromatic heterocycles. The van der Waals surface area contributed by atoms with Gasteiger partial charge in [0.15, 0.2) is 0 Å². The summed E-state index contributed by atoms with van der Waals surface area (Å²) in [7, 11) is 0. The Kier molecular flexibility index (Phi) is 7.45. The molecule has 0 aliphatic heterocycles. The Labute approximate surface area is 221 Å².